The van der Waals surface area contributed by atoms with Crippen molar-refractivity contribution in [3.05, 3.63) is 12.2 Å². The predicted octanol–water partition coefficient (Wildman–Crippen LogP) is 1.14. The van der Waals surface area contributed by atoms with E-state index in [9.17, 15) is 9.59 Å². The van der Waals surface area contributed by atoms with Gasteiger partial charge in [-0.15, -0.1) is 0 Å². The average molecular weight is 295 g/mol. The first-order valence-electron chi connectivity index (χ1n) is 7.72. The van der Waals surface area contributed by atoms with Gasteiger partial charge in [0.2, 0.25) is 0 Å². The number of hydrogen-bond acceptors (Lipinski definition) is 3. The van der Waals surface area contributed by atoms with E-state index in [1.165, 1.54) is 0 Å². The molecule has 6 heteroatoms. The van der Waals surface area contributed by atoms with E-state index in [0.29, 0.717) is 32.1 Å². The normalized spacial score (nSPS) is 24.6. The van der Waals surface area contributed by atoms with E-state index >= 15 is 0 Å². The van der Waals surface area contributed by atoms with Crippen LogP contribution in [0.5, 0.6) is 0 Å². The fourth-order valence-electron chi connectivity index (χ4n) is 2.85. The highest BCUT2D eigenvalue weighted by molar-refractivity contribution is 5.75. The molecule has 1 aliphatic heterocycles. The van der Waals surface area contributed by atoms with Crippen LogP contribution in [-0.4, -0.2) is 65.7 Å². The SMILES string of the molecule is CC(C(=O)O)N1CCN(C(=O)NCC2CC=CCC2)CC1. The Bertz CT molecular complexity index is 403. The van der Waals surface area contributed by atoms with Crippen LogP contribution < -0.4 is 5.32 Å². The zero-order valence-corrected chi connectivity index (χ0v) is 12.6. The van der Waals surface area contributed by atoms with Crippen LogP contribution in [0.15, 0.2) is 12.2 Å². The minimum Gasteiger partial charge on any atom is -0.480 e. The van der Waals surface area contributed by atoms with Crippen molar-refractivity contribution in [1.29, 1.82) is 0 Å². The lowest BCUT2D eigenvalue weighted by Gasteiger charge is -2.36. The van der Waals surface area contributed by atoms with Crippen molar-refractivity contribution in [2.75, 3.05) is 32.7 Å². The molecule has 2 rings (SSSR count). The van der Waals surface area contributed by atoms with Crippen molar-refractivity contribution in [3.63, 3.8) is 0 Å². The van der Waals surface area contributed by atoms with Gasteiger partial charge in [-0.2, -0.15) is 0 Å². The molecule has 21 heavy (non-hydrogen) atoms. The molecule has 0 aromatic heterocycles. The van der Waals surface area contributed by atoms with Gasteiger partial charge >= 0.3 is 12.0 Å². The van der Waals surface area contributed by atoms with E-state index < -0.39 is 12.0 Å². The lowest BCUT2D eigenvalue weighted by molar-refractivity contribution is -0.143. The second-order valence-electron chi connectivity index (χ2n) is 5.87. The summed E-state index contributed by atoms with van der Waals surface area (Å²) in [5.74, 6) is -0.259. The van der Waals surface area contributed by atoms with Gasteiger partial charge in [0.1, 0.15) is 6.04 Å². The molecule has 0 saturated carbocycles. The van der Waals surface area contributed by atoms with Crippen LogP contribution >= 0.6 is 0 Å². The molecule has 2 aliphatic rings. The summed E-state index contributed by atoms with van der Waals surface area (Å²) in [7, 11) is 0. The zero-order chi connectivity index (χ0) is 15.2. The molecule has 0 spiro atoms. The largest absolute Gasteiger partial charge is 0.480 e. The minimum atomic E-state index is -0.807. The van der Waals surface area contributed by atoms with E-state index in [1.54, 1.807) is 11.8 Å². The van der Waals surface area contributed by atoms with E-state index in [1.807, 2.05) is 4.90 Å². The van der Waals surface area contributed by atoms with Crippen LogP contribution in [0.25, 0.3) is 0 Å². The molecule has 1 heterocycles. The molecule has 0 aromatic carbocycles. The number of carboxylic acids is 1. The fourth-order valence-corrected chi connectivity index (χ4v) is 2.85. The molecule has 1 aliphatic carbocycles. The first kappa shape index (κ1) is 15.8. The van der Waals surface area contributed by atoms with Gasteiger partial charge < -0.3 is 15.3 Å². The maximum absolute atomic E-state index is 12.1. The molecule has 2 amide bonds. The third-order valence-electron chi connectivity index (χ3n) is 4.43. The maximum atomic E-state index is 12.1. The number of urea groups is 1. The topological polar surface area (TPSA) is 72.9 Å². The van der Waals surface area contributed by atoms with Gasteiger partial charge in [0.25, 0.3) is 0 Å². The van der Waals surface area contributed by atoms with Crippen LogP contribution in [0.4, 0.5) is 4.79 Å². The van der Waals surface area contributed by atoms with E-state index in [0.717, 1.165) is 25.8 Å². The van der Waals surface area contributed by atoms with Gasteiger partial charge in [-0.1, -0.05) is 12.2 Å². The third-order valence-corrected chi connectivity index (χ3v) is 4.43. The van der Waals surface area contributed by atoms with E-state index in [2.05, 4.69) is 17.5 Å². The molecule has 1 fully saturated rings. The van der Waals surface area contributed by atoms with E-state index in [-0.39, 0.29) is 6.03 Å². The Morgan fingerprint density at radius 2 is 2.00 bits per heavy atom. The molecule has 6 nitrogen and oxygen atoms in total. The van der Waals surface area contributed by atoms with Crippen LogP contribution in [0, 0.1) is 5.92 Å². The first-order chi connectivity index (χ1) is 10.1. The Labute approximate surface area is 125 Å². The quantitative estimate of drug-likeness (QED) is 0.763. The molecule has 118 valence electrons. The fraction of sp³-hybridized carbons (Fsp3) is 0.733. The van der Waals surface area contributed by atoms with Crippen LogP contribution in [-0.2, 0) is 4.79 Å². The molecule has 0 aromatic rings. The van der Waals surface area contributed by atoms with Crippen LogP contribution in [0.2, 0.25) is 0 Å². The summed E-state index contributed by atoms with van der Waals surface area (Å²) in [6, 6.07) is -0.503. The molecule has 1 saturated heterocycles. The molecule has 2 atom stereocenters. The van der Waals surface area contributed by atoms with Crippen molar-refractivity contribution >= 4 is 12.0 Å². The maximum Gasteiger partial charge on any atom is 0.320 e. The molecular formula is C15H25N3O3. The Morgan fingerprint density at radius 1 is 1.29 bits per heavy atom. The van der Waals surface area contributed by atoms with Gasteiger partial charge in [-0.3, -0.25) is 9.69 Å². The second kappa shape index (κ2) is 7.45. The summed E-state index contributed by atoms with van der Waals surface area (Å²) in [4.78, 5) is 26.7. The number of nitrogens with zero attached hydrogens (tertiary/aromatic N) is 2. The Balaban J connectivity index is 1.70. The van der Waals surface area contributed by atoms with Crippen molar-refractivity contribution in [2.24, 2.45) is 5.92 Å². The highest BCUT2D eigenvalue weighted by atomic mass is 16.4. The molecule has 2 N–H and O–H groups in total. The number of nitrogens with one attached hydrogen (secondary N) is 1. The minimum absolute atomic E-state index is 0.0211. The first-order valence-corrected chi connectivity index (χ1v) is 7.72. The summed E-state index contributed by atoms with van der Waals surface area (Å²) < 4.78 is 0. The molecule has 2 unspecified atom stereocenters. The van der Waals surface area contributed by atoms with Crippen LogP contribution in [0.1, 0.15) is 26.2 Å². The number of rotatable bonds is 4. The second-order valence-corrected chi connectivity index (χ2v) is 5.87. The van der Waals surface area contributed by atoms with Gasteiger partial charge in [-0.05, 0) is 32.1 Å². The molecular weight excluding hydrogens is 270 g/mol. The summed E-state index contributed by atoms with van der Waals surface area (Å²) >= 11 is 0. The summed E-state index contributed by atoms with van der Waals surface area (Å²) in [5.41, 5.74) is 0. The average Bonchev–Trinajstić information content (AvgIpc) is 2.53. The number of carbonyl (C=O) groups is 2. The van der Waals surface area contributed by atoms with Crippen LogP contribution in [0.3, 0.4) is 0 Å². The number of amides is 2. The number of carboxylic acid groups (broad SMARTS) is 1. The Hall–Kier alpha value is -1.56. The number of piperazine rings is 1. The summed E-state index contributed by atoms with van der Waals surface area (Å²) in [6.45, 7) is 4.84. The van der Waals surface area contributed by atoms with Crippen molar-refractivity contribution < 1.29 is 14.7 Å². The standard InChI is InChI=1S/C15H25N3O3/c1-12(14(19)20)17-7-9-18(10-8-17)15(21)16-11-13-5-3-2-4-6-13/h2-3,12-13H,4-11H2,1H3,(H,16,21)(H,19,20). The zero-order valence-electron chi connectivity index (χ0n) is 12.6. The summed E-state index contributed by atoms with van der Waals surface area (Å²) in [6.07, 6.45) is 7.67. The molecule has 0 bridgehead atoms. The lowest BCUT2D eigenvalue weighted by Crippen LogP contribution is -2.55. The molecule has 0 radical (unpaired) electrons. The van der Waals surface area contributed by atoms with Crippen molar-refractivity contribution in [2.45, 2.75) is 32.2 Å². The van der Waals surface area contributed by atoms with Gasteiger partial charge in [0.05, 0.1) is 0 Å². The van der Waals surface area contributed by atoms with Crippen molar-refractivity contribution in [1.82, 2.24) is 15.1 Å². The monoisotopic (exact) mass is 295 g/mol. The highest BCUT2D eigenvalue weighted by Crippen LogP contribution is 2.17. The number of allylic oxidation sites excluding steroid dienone is 2. The number of carbonyl (C=O) groups excluding carboxylic acids is 1. The van der Waals surface area contributed by atoms with Crippen molar-refractivity contribution in [3.8, 4) is 0 Å². The lowest BCUT2D eigenvalue weighted by atomic mass is 9.94. The third kappa shape index (κ3) is 4.46. The van der Waals surface area contributed by atoms with Gasteiger partial charge in [-0.25, -0.2) is 4.79 Å². The Kier molecular flexibility index (Phi) is 5.61. The number of hydrogen-bond donors (Lipinski definition) is 2. The predicted molar refractivity (Wildman–Crippen MR) is 80.1 cm³/mol. The number of aliphatic carboxylic acids is 1. The van der Waals surface area contributed by atoms with Gasteiger partial charge in [0, 0.05) is 32.7 Å². The Morgan fingerprint density at radius 3 is 2.57 bits per heavy atom. The smallest absolute Gasteiger partial charge is 0.320 e. The summed E-state index contributed by atoms with van der Waals surface area (Å²) in [5, 5.41) is 12.0. The highest BCUT2D eigenvalue weighted by Gasteiger charge is 2.27. The van der Waals surface area contributed by atoms with E-state index in [4.69, 9.17) is 5.11 Å². The van der Waals surface area contributed by atoms with Gasteiger partial charge in [0.15, 0.2) is 0 Å².